The predicted octanol–water partition coefficient (Wildman–Crippen LogP) is 2.12. The summed E-state index contributed by atoms with van der Waals surface area (Å²) in [4.78, 5) is 14.2. The van der Waals surface area contributed by atoms with Crippen LogP contribution in [0.2, 0.25) is 0 Å². The van der Waals surface area contributed by atoms with Crippen LogP contribution in [0.3, 0.4) is 0 Å². The van der Waals surface area contributed by atoms with Crippen LogP contribution in [-0.4, -0.2) is 53.4 Å². The number of aromatic nitrogens is 2. The van der Waals surface area contributed by atoms with E-state index in [0.29, 0.717) is 17.1 Å². The summed E-state index contributed by atoms with van der Waals surface area (Å²) in [5.41, 5.74) is 0.679. The highest BCUT2D eigenvalue weighted by molar-refractivity contribution is 9.10. The van der Waals surface area contributed by atoms with E-state index in [4.69, 9.17) is 0 Å². The maximum absolute atomic E-state index is 12.2. The molecule has 0 saturated carbocycles. The van der Waals surface area contributed by atoms with E-state index in [2.05, 4.69) is 39.5 Å². The molecule has 20 heavy (non-hydrogen) atoms. The Labute approximate surface area is 133 Å². The second-order valence-corrected chi connectivity index (χ2v) is 6.81. The molecule has 0 aliphatic carbocycles. The first-order valence-electron chi connectivity index (χ1n) is 6.61. The van der Waals surface area contributed by atoms with Gasteiger partial charge in [0.2, 0.25) is 0 Å². The van der Waals surface area contributed by atoms with Crippen LogP contribution in [0.5, 0.6) is 0 Å². The molecule has 0 fully saturated rings. The van der Waals surface area contributed by atoms with Gasteiger partial charge in [-0.25, -0.2) is 4.68 Å². The Morgan fingerprint density at radius 1 is 1.55 bits per heavy atom. The summed E-state index contributed by atoms with van der Waals surface area (Å²) in [6.07, 6.45) is 4.87. The van der Waals surface area contributed by atoms with E-state index in [-0.39, 0.29) is 5.56 Å². The molecule has 7 heteroatoms. The van der Waals surface area contributed by atoms with Gasteiger partial charge in [0.25, 0.3) is 5.56 Å². The summed E-state index contributed by atoms with van der Waals surface area (Å²) >= 11 is 5.20. The molecule has 0 amide bonds. The zero-order valence-corrected chi connectivity index (χ0v) is 14.9. The molecule has 0 spiro atoms. The minimum Gasteiger partial charge on any atom is -0.380 e. The Bertz CT molecular complexity index is 478. The van der Waals surface area contributed by atoms with E-state index < -0.39 is 0 Å². The van der Waals surface area contributed by atoms with Crippen molar-refractivity contribution in [2.45, 2.75) is 25.9 Å². The van der Waals surface area contributed by atoms with Gasteiger partial charge in [0.1, 0.15) is 4.47 Å². The lowest BCUT2D eigenvalue weighted by atomic mass is 10.2. The number of likely N-dealkylation sites (N-methyl/N-ethyl adjacent to an activating group) is 1. The maximum Gasteiger partial charge on any atom is 0.283 e. The fourth-order valence-corrected chi connectivity index (χ4v) is 2.66. The van der Waals surface area contributed by atoms with Crippen molar-refractivity contribution < 1.29 is 0 Å². The number of anilines is 1. The lowest BCUT2D eigenvalue weighted by Crippen LogP contribution is -2.30. The highest BCUT2D eigenvalue weighted by Gasteiger charge is 2.11. The summed E-state index contributed by atoms with van der Waals surface area (Å²) in [5.74, 6) is 1.10. The van der Waals surface area contributed by atoms with Crippen LogP contribution in [0.25, 0.3) is 0 Å². The zero-order valence-electron chi connectivity index (χ0n) is 12.5. The van der Waals surface area contributed by atoms with Gasteiger partial charge < -0.3 is 10.2 Å². The zero-order chi connectivity index (χ0) is 15.1. The predicted molar refractivity (Wildman–Crippen MR) is 90.8 cm³/mol. The van der Waals surface area contributed by atoms with Crippen LogP contribution in [0.4, 0.5) is 5.69 Å². The fourth-order valence-electron chi connectivity index (χ4n) is 1.65. The quantitative estimate of drug-likeness (QED) is 0.767. The Morgan fingerprint density at radius 2 is 2.25 bits per heavy atom. The van der Waals surface area contributed by atoms with E-state index in [0.717, 1.165) is 24.4 Å². The Balaban J connectivity index is 2.75. The summed E-state index contributed by atoms with van der Waals surface area (Å²) < 4.78 is 2.05. The monoisotopic (exact) mass is 362 g/mol. The van der Waals surface area contributed by atoms with Gasteiger partial charge in [0.05, 0.1) is 18.4 Å². The number of hydrogen-bond donors (Lipinski definition) is 1. The first-order chi connectivity index (χ1) is 9.45. The number of nitrogens with zero attached hydrogens (tertiary/aromatic N) is 3. The van der Waals surface area contributed by atoms with Gasteiger partial charge in [-0.2, -0.15) is 16.9 Å². The first kappa shape index (κ1) is 17.5. The third-order valence-electron chi connectivity index (χ3n) is 2.90. The fraction of sp³-hybridized carbons (Fsp3) is 0.692. The summed E-state index contributed by atoms with van der Waals surface area (Å²) in [6, 6.07) is 0.317. The standard InChI is InChI=1S/C13H23BrN4OS/c1-10(5-8-20-4)16-11-9-15-18(7-6-17(2)3)13(19)12(11)14/h9-10,16H,5-8H2,1-4H3. The number of thioether (sulfide) groups is 1. The molecule has 1 aromatic heterocycles. The van der Waals surface area contributed by atoms with E-state index in [9.17, 15) is 4.79 Å². The minimum atomic E-state index is -0.0890. The third kappa shape index (κ3) is 5.46. The van der Waals surface area contributed by atoms with E-state index >= 15 is 0 Å². The second kappa shape index (κ2) is 8.69. The third-order valence-corrected chi connectivity index (χ3v) is 4.31. The molecule has 0 bridgehead atoms. The average molecular weight is 363 g/mol. The van der Waals surface area contributed by atoms with E-state index in [1.54, 1.807) is 6.20 Å². The van der Waals surface area contributed by atoms with Gasteiger partial charge in [-0.3, -0.25) is 4.79 Å². The van der Waals surface area contributed by atoms with Crippen LogP contribution in [0, 0.1) is 0 Å². The largest absolute Gasteiger partial charge is 0.380 e. The SMILES string of the molecule is CSCCC(C)Nc1cnn(CCN(C)C)c(=O)c1Br. The van der Waals surface area contributed by atoms with Crippen molar-refractivity contribution in [1.82, 2.24) is 14.7 Å². The number of rotatable bonds is 8. The van der Waals surface area contributed by atoms with Crippen molar-refractivity contribution in [3.63, 3.8) is 0 Å². The van der Waals surface area contributed by atoms with Crippen LogP contribution >= 0.6 is 27.7 Å². The Morgan fingerprint density at radius 3 is 2.85 bits per heavy atom. The van der Waals surface area contributed by atoms with Crippen LogP contribution in [-0.2, 0) is 6.54 Å². The molecule has 5 nitrogen and oxygen atoms in total. The summed E-state index contributed by atoms with van der Waals surface area (Å²) in [7, 11) is 3.95. The molecular formula is C13H23BrN4OS. The van der Waals surface area contributed by atoms with Gasteiger partial charge in [-0.15, -0.1) is 0 Å². The Hall–Kier alpha value is -0.530. The molecule has 0 aromatic carbocycles. The average Bonchev–Trinajstić information content (AvgIpc) is 2.40. The van der Waals surface area contributed by atoms with Crippen molar-refractivity contribution >= 4 is 33.4 Å². The molecule has 1 rings (SSSR count). The lowest BCUT2D eigenvalue weighted by Gasteiger charge is -2.16. The number of nitrogens with one attached hydrogen (secondary N) is 1. The molecule has 1 atom stereocenters. The van der Waals surface area contributed by atoms with Gasteiger partial charge >= 0.3 is 0 Å². The first-order valence-corrected chi connectivity index (χ1v) is 8.80. The minimum absolute atomic E-state index is 0.0890. The highest BCUT2D eigenvalue weighted by atomic mass is 79.9. The number of halogens is 1. The molecule has 114 valence electrons. The van der Waals surface area contributed by atoms with Crippen molar-refractivity contribution in [3.8, 4) is 0 Å². The van der Waals surface area contributed by atoms with Crippen LogP contribution in [0.1, 0.15) is 13.3 Å². The Kier molecular flexibility index (Phi) is 7.61. The summed E-state index contributed by atoms with van der Waals surface area (Å²) in [6.45, 7) is 3.49. The van der Waals surface area contributed by atoms with Crippen molar-refractivity contribution in [2.24, 2.45) is 0 Å². The molecule has 0 aliphatic rings. The van der Waals surface area contributed by atoms with Crippen molar-refractivity contribution in [2.75, 3.05) is 38.0 Å². The second-order valence-electron chi connectivity index (χ2n) is 5.03. The molecular weight excluding hydrogens is 340 g/mol. The number of hydrogen-bond acceptors (Lipinski definition) is 5. The normalized spacial score (nSPS) is 12.7. The molecule has 1 unspecified atom stereocenters. The molecule has 1 heterocycles. The molecule has 0 saturated heterocycles. The van der Waals surface area contributed by atoms with Crippen LogP contribution in [0.15, 0.2) is 15.5 Å². The molecule has 1 N–H and O–H groups in total. The van der Waals surface area contributed by atoms with Crippen molar-refractivity contribution in [3.05, 3.63) is 21.0 Å². The van der Waals surface area contributed by atoms with E-state index in [1.165, 1.54) is 4.68 Å². The van der Waals surface area contributed by atoms with E-state index in [1.807, 2.05) is 30.8 Å². The highest BCUT2D eigenvalue weighted by Crippen LogP contribution is 2.18. The molecule has 1 aromatic rings. The maximum atomic E-state index is 12.2. The van der Waals surface area contributed by atoms with Gasteiger partial charge in [-0.05, 0) is 55.4 Å². The van der Waals surface area contributed by atoms with Crippen molar-refractivity contribution in [1.29, 1.82) is 0 Å². The molecule has 0 radical (unpaired) electrons. The smallest absolute Gasteiger partial charge is 0.283 e. The topological polar surface area (TPSA) is 50.2 Å². The summed E-state index contributed by atoms with van der Waals surface area (Å²) in [5, 5.41) is 7.56. The van der Waals surface area contributed by atoms with Crippen LogP contribution < -0.4 is 10.9 Å². The van der Waals surface area contributed by atoms with Gasteiger partial charge in [0.15, 0.2) is 0 Å². The lowest BCUT2D eigenvalue weighted by molar-refractivity contribution is 0.367. The molecule has 0 aliphatic heterocycles. The van der Waals surface area contributed by atoms with Gasteiger partial charge in [-0.1, -0.05) is 0 Å². The van der Waals surface area contributed by atoms with Gasteiger partial charge in [0, 0.05) is 12.6 Å².